The molecule has 0 spiro atoms. The molecule has 5 nitrogen and oxygen atoms in total. The van der Waals surface area contributed by atoms with Gasteiger partial charge in [0, 0.05) is 38.7 Å². The molecule has 1 aromatic rings. The molecule has 0 bridgehead atoms. The summed E-state index contributed by atoms with van der Waals surface area (Å²) in [7, 11) is 3.68. The number of hydrogen-bond acceptors (Lipinski definition) is 4. The summed E-state index contributed by atoms with van der Waals surface area (Å²) in [5.41, 5.74) is 1.28. The Labute approximate surface area is 116 Å². The molecule has 19 heavy (non-hydrogen) atoms. The van der Waals surface area contributed by atoms with E-state index in [0.717, 1.165) is 32.4 Å². The van der Waals surface area contributed by atoms with Crippen LogP contribution in [0.5, 0.6) is 0 Å². The van der Waals surface area contributed by atoms with Crippen LogP contribution >= 0.6 is 0 Å². The van der Waals surface area contributed by atoms with Gasteiger partial charge < -0.3 is 14.8 Å². The first-order valence-corrected chi connectivity index (χ1v) is 7.04. The number of aromatic nitrogens is 2. The highest BCUT2D eigenvalue weighted by molar-refractivity contribution is 5.00. The first-order chi connectivity index (χ1) is 9.27. The summed E-state index contributed by atoms with van der Waals surface area (Å²) in [5.74, 6) is 0. The molecular weight excluding hydrogens is 242 g/mol. The van der Waals surface area contributed by atoms with E-state index in [1.165, 1.54) is 5.69 Å². The third-order valence-electron chi connectivity index (χ3n) is 3.21. The average Bonchev–Trinajstić information content (AvgIpc) is 2.81. The molecule has 0 saturated carbocycles. The number of aryl methyl sites for hydroxylation is 2. The summed E-state index contributed by atoms with van der Waals surface area (Å²) >= 11 is 0. The number of methoxy groups -OCH3 is 1. The molecule has 1 N–H and O–H groups in total. The molecule has 0 fully saturated rings. The lowest BCUT2D eigenvalue weighted by Crippen LogP contribution is -2.31. The van der Waals surface area contributed by atoms with Crippen LogP contribution < -0.4 is 5.32 Å². The number of nitrogens with one attached hydrogen (secondary N) is 1. The van der Waals surface area contributed by atoms with Crippen molar-refractivity contribution in [2.45, 2.75) is 32.2 Å². The Morgan fingerprint density at radius 2 is 2.16 bits per heavy atom. The second kappa shape index (κ2) is 9.95. The minimum atomic E-state index is 0.502. The summed E-state index contributed by atoms with van der Waals surface area (Å²) in [6.07, 6.45) is 5.05. The van der Waals surface area contributed by atoms with Gasteiger partial charge >= 0.3 is 0 Å². The third-order valence-corrected chi connectivity index (χ3v) is 3.21. The van der Waals surface area contributed by atoms with Crippen LogP contribution in [0.25, 0.3) is 0 Å². The van der Waals surface area contributed by atoms with Gasteiger partial charge in [-0.3, -0.25) is 4.68 Å². The van der Waals surface area contributed by atoms with Crippen molar-refractivity contribution in [3.8, 4) is 0 Å². The second-order valence-electron chi connectivity index (χ2n) is 4.63. The van der Waals surface area contributed by atoms with Crippen molar-refractivity contribution in [2.24, 2.45) is 7.05 Å². The highest BCUT2D eigenvalue weighted by atomic mass is 16.5. The van der Waals surface area contributed by atoms with Gasteiger partial charge in [0.25, 0.3) is 0 Å². The molecule has 0 aliphatic heterocycles. The Hall–Kier alpha value is -0.910. The van der Waals surface area contributed by atoms with Gasteiger partial charge in [0.2, 0.25) is 0 Å². The molecule has 1 unspecified atom stereocenters. The molecule has 1 aromatic heterocycles. The molecule has 0 amide bonds. The highest BCUT2D eigenvalue weighted by Crippen LogP contribution is 2.06. The van der Waals surface area contributed by atoms with E-state index in [-0.39, 0.29) is 0 Å². The van der Waals surface area contributed by atoms with E-state index in [9.17, 15) is 0 Å². The topological polar surface area (TPSA) is 48.3 Å². The van der Waals surface area contributed by atoms with E-state index in [1.54, 1.807) is 7.11 Å². The third kappa shape index (κ3) is 6.71. The van der Waals surface area contributed by atoms with Crippen molar-refractivity contribution >= 4 is 0 Å². The van der Waals surface area contributed by atoms with Crippen molar-refractivity contribution in [1.29, 1.82) is 0 Å². The molecule has 110 valence electrons. The standard InChI is InChI=1S/C14H27N3O2/c1-4-15-13(8-10-19-12-11-18-3)5-6-14-7-9-16-17(14)2/h7,9,13,15H,4-6,8,10-12H2,1-3H3. The van der Waals surface area contributed by atoms with Gasteiger partial charge in [0.05, 0.1) is 13.2 Å². The first-order valence-electron chi connectivity index (χ1n) is 7.04. The number of hydrogen-bond donors (Lipinski definition) is 1. The van der Waals surface area contributed by atoms with Crippen LogP contribution in [0.15, 0.2) is 12.3 Å². The Bertz CT molecular complexity index is 328. The van der Waals surface area contributed by atoms with Gasteiger partial charge in [-0.05, 0) is 31.9 Å². The first kappa shape index (κ1) is 16.1. The van der Waals surface area contributed by atoms with E-state index in [2.05, 4.69) is 23.4 Å². The van der Waals surface area contributed by atoms with E-state index in [4.69, 9.17) is 9.47 Å². The minimum absolute atomic E-state index is 0.502. The Kier molecular flexibility index (Phi) is 8.45. The predicted molar refractivity (Wildman–Crippen MR) is 76.3 cm³/mol. The number of rotatable bonds is 11. The predicted octanol–water partition coefficient (Wildman–Crippen LogP) is 1.38. The van der Waals surface area contributed by atoms with Crippen LogP contribution in [0, 0.1) is 0 Å². The Morgan fingerprint density at radius 1 is 1.32 bits per heavy atom. The fourth-order valence-corrected chi connectivity index (χ4v) is 2.08. The summed E-state index contributed by atoms with van der Waals surface area (Å²) in [6, 6.07) is 2.58. The van der Waals surface area contributed by atoms with Crippen LogP contribution in [0.1, 0.15) is 25.5 Å². The largest absolute Gasteiger partial charge is 0.382 e. The van der Waals surface area contributed by atoms with E-state index in [1.807, 2.05) is 17.9 Å². The molecule has 1 atom stereocenters. The van der Waals surface area contributed by atoms with Gasteiger partial charge in [-0.2, -0.15) is 5.10 Å². The lowest BCUT2D eigenvalue weighted by Gasteiger charge is -2.17. The molecular formula is C14H27N3O2. The van der Waals surface area contributed by atoms with Gasteiger partial charge in [-0.1, -0.05) is 6.92 Å². The van der Waals surface area contributed by atoms with Gasteiger partial charge in [-0.15, -0.1) is 0 Å². The van der Waals surface area contributed by atoms with Crippen molar-refractivity contribution in [3.63, 3.8) is 0 Å². The van der Waals surface area contributed by atoms with Crippen molar-refractivity contribution in [2.75, 3.05) is 33.5 Å². The smallest absolute Gasteiger partial charge is 0.0700 e. The lowest BCUT2D eigenvalue weighted by molar-refractivity contribution is 0.0655. The molecule has 5 heteroatoms. The summed E-state index contributed by atoms with van der Waals surface area (Å²) < 4.78 is 12.4. The maximum Gasteiger partial charge on any atom is 0.0700 e. The molecule has 0 radical (unpaired) electrons. The lowest BCUT2D eigenvalue weighted by atomic mass is 10.1. The second-order valence-corrected chi connectivity index (χ2v) is 4.63. The summed E-state index contributed by atoms with van der Waals surface area (Å²) in [6.45, 7) is 5.27. The van der Waals surface area contributed by atoms with Gasteiger partial charge in [0.15, 0.2) is 0 Å². The SMILES string of the molecule is CCNC(CCOCCOC)CCc1ccnn1C. The van der Waals surface area contributed by atoms with Crippen molar-refractivity contribution in [1.82, 2.24) is 15.1 Å². The van der Waals surface area contributed by atoms with Crippen LogP contribution in [0.4, 0.5) is 0 Å². The number of ether oxygens (including phenoxy) is 2. The molecule has 1 rings (SSSR count). The van der Waals surface area contributed by atoms with E-state index < -0.39 is 0 Å². The Balaban J connectivity index is 2.22. The van der Waals surface area contributed by atoms with Crippen molar-refractivity contribution < 1.29 is 9.47 Å². The maximum absolute atomic E-state index is 5.53. The number of nitrogens with zero attached hydrogens (tertiary/aromatic N) is 2. The van der Waals surface area contributed by atoms with Crippen LogP contribution in [-0.4, -0.2) is 49.3 Å². The Morgan fingerprint density at radius 3 is 2.79 bits per heavy atom. The zero-order valence-electron chi connectivity index (χ0n) is 12.4. The zero-order chi connectivity index (χ0) is 13.9. The van der Waals surface area contributed by atoms with Crippen molar-refractivity contribution in [3.05, 3.63) is 18.0 Å². The van der Waals surface area contributed by atoms with E-state index in [0.29, 0.717) is 19.3 Å². The van der Waals surface area contributed by atoms with Crippen LogP contribution in [0.3, 0.4) is 0 Å². The normalized spacial score (nSPS) is 12.8. The summed E-state index contributed by atoms with van der Waals surface area (Å²) in [5, 5.41) is 7.71. The molecule has 1 heterocycles. The summed E-state index contributed by atoms with van der Waals surface area (Å²) in [4.78, 5) is 0. The molecule has 0 saturated heterocycles. The fourth-order valence-electron chi connectivity index (χ4n) is 2.08. The quantitative estimate of drug-likeness (QED) is 0.617. The van der Waals surface area contributed by atoms with E-state index >= 15 is 0 Å². The van der Waals surface area contributed by atoms with Crippen LogP contribution in [0.2, 0.25) is 0 Å². The van der Waals surface area contributed by atoms with Gasteiger partial charge in [-0.25, -0.2) is 0 Å². The van der Waals surface area contributed by atoms with Crippen LogP contribution in [-0.2, 0) is 22.9 Å². The van der Waals surface area contributed by atoms with Gasteiger partial charge in [0.1, 0.15) is 0 Å². The zero-order valence-corrected chi connectivity index (χ0v) is 12.4. The monoisotopic (exact) mass is 269 g/mol. The molecule has 0 aliphatic carbocycles. The maximum atomic E-state index is 5.53. The minimum Gasteiger partial charge on any atom is -0.382 e. The fraction of sp³-hybridized carbons (Fsp3) is 0.786. The molecule has 0 aliphatic rings. The average molecular weight is 269 g/mol. The highest BCUT2D eigenvalue weighted by Gasteiger charge is 2.09. The molecule has 0 aromatic carbocycles.